The van der Waals surface area contributed by atoms with Gasteiger partial charge in [0.2, 0.25) is 10.0 Å². The summed E-state index contributed by atoms with van der Waals surface area (Å²) in [5.74, 6) is -0.230. The first-order valence-corrected chi connectivity index (χ1v) is 11.1. The molecule has 0 spiro atoms. The van der Waals surface area contributed by atoms with Crippen molar-refractivity contribution in [3.05, 3.63) is 29.3 Å². The minimum absolute atomic E-state index is 0.0398. The molecular formula is C20H34N3O3S+. The highest BCUT2D eigenvalue weighted by Crippen LogP contribution is 2.24. The Morgan fingerprint density at radius 1 is 1.19 bits per heavy atom. The quantitative estimate of drug-likeness (QED) is 0.724. The van der Waals surface area contributed by atoms with Gasteiger partial charge in [0, 0.05) is 30.6 Å². The average molecular weight is 397 g/mol. The molecule has 1 saturated heterocycles. The Balaban J connectivity index is 2.17. The van der Waals surface area contributed by atoms with Gasteiger partial charge in [-0.3, -0.25) is 4.79 Å². The van der Waals surface area contributed by atoms with Crippen molar-refractivity contribution >= 4 is 15.9 Å². The Morgan fingerprint density at radius 2 is 1.81 bits per heavy atom. The summed E-state index contributed by atoms with van der Waals surface area (Å²) in [5.41, 5.74) is 1.03. The van der Waals surface area contributed by atoms with Gasteiger partial charge in [-0.05, 0) is 37.5 Å². The summed E-state index contributed by atoms with van der Waals surface area (Å²) in [6.45, 7) is 8.58. The fourth-order valence-corrected chi connectivity index (χ4v) is 5.47. The van der Waals surface area contributed by atoms with Crippen LogP contribution in [0.5, 0.6) is 0 Å². The van der Waals surface area contributed by atoms with Gasteiger partial charge in [-0.25, -0.2) is 8.42 Å². The van der Waals surface area contributed by atoms with Gasteiger partial charge in [-0.1, -0.05) is 26.3 Å². The predicted molar refractivity (Wildman–Crippen MR) is 108 cm³/mol. The highest BCUT2D eigenvalue weighted by atomic mass is 32.2. The monoisotopic (exact) mass is 396 g/mol. The largest absolute Gasteiger partial charge is 0.351 e. The lowest BCUT2D eigenvalue weighted by Gasteiger charge is -2.27. The maximum atomic E-state index is 13.0. The van der Waals surface area contributed by atoms with Crippen LogP contribution in [0.4, 0.5) is 0 Å². The molecule has 0 saturated carbocycles. The van der Waals surface area contributed by atoms with Crippen molar-refractivity contribution in [2.75, 3.05) is 40.3 Å². The highest BCUT2D eigenvalue weighted by molar-refractivity contribution is 7.89. The maximum absolute atomic E-state index is 13.0. The van der Waals surface area contributed by atoms with Gasteiger partial charge in [0.1, 0.15) is 0 Å². The maximum Gasteiger partial charge on any atom is 0.251 e. The van der Waals surface area contributed by atoms with Gasteiger partial charge >= 0.3 is 0 Å². The molecule has 7 heteroatoms. The van der Waals surface area contributed by atoms with Gasteiger partial charge in [0.25, 0.3) is 5.91 Å². The van der Waals surface area contributed by atoms with Gasteiger partial charge in [0.05, 0.1) is 25.5 Å². The third-order valence-electron chi connectivity index (χ3n) is 4.94. The second-order valence-corrected chi connectivity index (χ2v) is 10.6. The van der Waals surface area contributed by atoms with Crippen LogP contribution in [0, 0.1) is 12.3 Å². The van der Waals surface area contributed by atoms with Crippen molar-refractivity contribution in [3.8, 4) is 0 Å². The van der Waals surface area contributed by atoms with Crippen LogP contribution in [0.25, 0.3) is 0 Å². The summed E-state index contributed by atoms with van der Waals surface area (Å²) in [6, 6.07) is 4.95. The molecule has 1 aliphatic rings. The third-order valence-corrected chi connectivity index (χ3v) is 6.98. The summed E-state index contributed by atoms with van der Waals surface area (Å²) in [6.07, 6.45) is 2.85. The molecule has 1 aromatic carbocycles. The lowest BCUT2D eigenvalue weighted by Crippen LogP contribution is -3.07. The molecule has 0 aromatic heterocycles. The van der Waals surface area contributed by atoms with Crippen LogP contribution in [0.15, 0.2) is 23.1 Å². The SMILES string of the molecule is Cc1ccc(C(=O)NCC(C)(C)C[NH+](C)C)cc1S(=O)(=O)N1CCCCC1. The molecule has 0 atom stereocenters. The number of sulfonamides is 1. The molecule has 0 unspecified atom stereocenters. The molecule has 1 amide bonds. The molecule has 1 heterocycles. The van der Waals surface area contributed by atoms with Gasteiger partial charge in [0.15, 0.2) is 0 Å². The van der Waals surface area contributed by atoms with Crippen LogP contribution in [-0.4, -0.2) is 58.9 Å². The molecule has 1 aliphatic heterocycles. The van der Waals surface area contributed by atoms with Crippen LogP contribution in [0.3, 0.4) is 0 Å². The predicted octanol–water partition coefficient (Wildman–Crippen LogP) is 1.07. The molecule has 1 aromatic rings. The van der Waals surface area contributed by atoms with E-state index in [1.54, 1.807) is 23.4 Å². The standard InChI is InChI=1S/C20H33N3O3S/c1-16-9-10-17(19(24)21-14-20(2,3)15-22(4)5)13-18(16)27(25,26)23-11-7-6-8-12-23/h9-10,13H,6-8,11-12,14-15H2,1-5H3,(H,21,24)/p+1. The van der Waals surface area contributed by atoms with Gasteiger partial charge in [-0.2, -0.15) is 4.31 Å². The number of quaternary nitrogens is 1. The summed E-state index contributed by atoms with van der Waals surface area (Å²) in [4.78, 5) is 14.2. The molecule has 27 heavy (non-hydrogen) atoms. The number of piperidine rings is 1. The molecule has 2 rings (SSSR count). The molecule has 152 valence electrons. The lowest BCUT2D eigenvalue weighted by molar-refractivity contribution is -0.865. The van der Waals surface area contributed by atoms with Crippen LogP contribution < -0.4 is 10.2 Å². The number of hydrogen-bond acceptors (Lipinski definition) is 3. The van der Waals surface area contributed by atoms with Crippen LogP contribution >= 0.6 is 0 Å². The zero-order valence-electron chi connectivity index (χ0n) is 17.3. The number of aryl methyl sites for hydroxylation is 1. The minimum atomic E-state index is -3.56. The normalized spacial score (nSPS) is 16.5. The van der Waals surface area contributed by atoms with Crippen molar-refractivity contribution in [2.24, 2.45) is 5.41 Å². The van der Waals surface area contributed by atoms with Crippen molar-refractivity contribution in [2.45, 2.75) is 44.9 Å². The van der Waals surface area contributed by atoms with E-state index in [1.165, 1.54) is 11.0 Å². The van der Waals surface area contributed by atoms with Crippen molar-refractivity contribution < 1.29 is 18.1 Å². The lowest BCUT2D eigenvalue weighted by atomic mass is 9.93. The Labute approximate surface area is 164 Å². The number of hydrogen-bond donors (Lipinski definition) is 2. The number of amides is 1. The first kappa shape index (κ1) is 21.9. The number of carbonyl (C=O) groups excluding carboxylic acids is 1. The third kappa shape index (κ3) is 5.77. The molecular weight excluding hydrogens is 362 g/mol. The van der Waals surface area contributed by atoms with Gasteiger partial charge < -0.3 is 10.2 Å². The van der Waals surface area contributed by atoms with E-state index in [2.05, 4.69) is 33.3 Å². The number of nitrogens with zero attached hydrogens (tertiary/aromatic N) is 1. The van der Waals surface area contributed by atoms with Crippen LogP contribution in [0.1, 0.15) is 49.0 Å². The molecule has 0 radical (unpaired) electrons. The first-order chi connectivity index (χ1) is 12.5. The Hall–Kier alpha value is -1.44. The van der Waals surface area contributed by atoms with E-state index in [-0.39, 0.29) is 16.2 Å². The Bertz CT molecular complexity index is 767. The zero-order chi connectivity index (χ0) is 20.2. The van der Waals surface area contributed by atoms with E-state index in [0.717, 1.165) is 25.8 Å². The smallest absolute Gasteiger partial charge is 0.251 e. The molecule has 0 aliphatic carbocycles. The minimum Gasteiger partial charge on any atom is -0.351 e. The van der Waals surface area contributed by atoms with Crippen LogP contribution in [0.2, 0.25) is 0 Å². The van der Waals surface area contributed by atoms with Gasteiger partial charge in [-0.15, -0.1) is 0 Å². The topological polar surface area (TPSA) is 70.9 Å². The number of nitrogens with one attached hydrogen (secondary N) is 2. The van der Waals surface area contributed by atoms with Crippen molar-refractivity contribution in [3.63, 3.8) is 0 Å². The second-order valence-electron chi connectivity index (χ2n) is 8.68. The van der Waals surface area contributed by atoms with Crippen molar-refractivity contribution in [1.29, 1.82) is 0 Å². The zero-order valence-corrected chi connectivity index (χ0v) is 18.1. The fourth-order valence-electron chi connectivity index (χ4n) is 3.70. The van der Waals surface area contributed by atoms with E-state index >= 15 is 0 Å². The van der Waals surface area contributed by atoms with E-state index in [4.69, 9.17) is 0 Å². The molecule has 2 N–H and O–H groups in total. The molecule has 6 nitrogen and oxygen atoms in total. The fraction of sp³-hybridized carbons (Fsp3) is 0.650. The van der Waals surface area contributed by atoms with E-state index in [0.29, 0.717) is 30.8 Å². The molecule has 1 fully saturated rings. The average Bonchev–Trinajstić information content (AvgIpc) is 2.59. The second kappa shape index (κ2) is 8.71. The highest BCUT2D eigenvalue weighted by Gasteiger charge is 2.28. The summed E-state index contributed by atoms with van der Waals surface area (Å²) in [7, 11) is 0.611. The number of rotatable bonds is 7. The first-order valence-electron chi connectivity index (χ1n) is 9.71. The van der Waals surface area contributed by atoms with E-state index in [1.807, 2.05) is 0 Å². The number of carbonyl (C=O) groups is 1. The summed E-state index contributed by atoms with van der Waals surface area (Å²) in [5, 5.41) is 2.96. The van der Waals surface area contributed by atoms with E-state index in [9.17, 15) is 13.2 Å². The Kier molecular flexibility index (Phi) is 7.05. The number of benzene rings is 1. The van der Waals surface area contributed by atoms with E-state index < -0.39 is 10.0 Å². The Morgan fingerprint density at radius 3 is 2.41 bits per heavy atom. The van der Waals surface area contributed by atoms with Crippen molar-refractivity contribution in [1.82, 2.24) is 9.62 Å². The van der Waals surface area contributed by atoms with Crippen LogP contribution in [-0.2, 0) is 10.0 Å². The molecule has 0 bridgehead atoms. The summed E-state index contributed by atoms with van der Waals surface area (Å²) < 4.78 is 27.6. The summed E-state index contributed by atoms with van der Waals surface area (Å²) >= 11 is 0.